The molecule has 0 bridgehead atoms. The van der Waals surface area contributed by atoms with Crippen molar-refractivity contribution in [2.24, 2.45) is 5.92 Å². The number of carbonyl (C=O) groups is 1. The third-order valence-electron chi connectivity index (χ3n) is 5.05. The van der Waals surface area contributed by atoms with E-state index in [9.17, 15) is 13.2 Å². The Morgan fingerprint density at radius 2 is 2.00 bits per heavy atom. The summed E-state index contributed by atoms with van der Waals surface area (Å²) in [5, 5.41) is 2.64. The zero-order valence-electron chi connectivity index (χ0n) is 17.3. The van der Waals surface area contributed by atoms with Gasteiger partial charge in [-0.05, 0) is 44.6 Å². The fourth-order valence-electron chi connectivity index (χ4n) is 3.37. The van der Waals surface area contributed by atoms with Gasteiger partial charge < -0.3 is 9.47 Å². The van der Waals surface area contributed by atoms with Crippen LogP contribution in [0.1, 0.15) is 45.2 Å². The number of thiazole rings is 1. The molecule has 0 aromatic carbocycles. The van der Waals surface area contributed by atoms with E-state index in [0.717, 1.165) is 49.5 Å². The molecule has 29 heavy (non-hydrogen) atoms. The van der Waals surface area contributed by atoms with Gasteiger partial charge in [0.2, 0.25) is 15.9 Å². The molecule has 0 unspecified atom stereocenters. The molecule has 1 N–H and O–H groups in total. The van der Waals surface area contributed by atoms with Gasteiger partial charge in [0, 0.05) is 36.9 Å². The standard InChI is InChI=1S/C20H30N4O3S2/c1-15(2)7-8-21-29(26,27)17-11-18(20-22-16(3)14-28-20)24(12-17)13-19(25)23-9-5-4-6-10-23/h11-12,14-15,21H,4-10,13H2,1-3H3. The molecule has 9 heteroatoms. The van der Waals surface area contributed by atoms with Gasteiger partial charge in [0.25, 0.3) is 0 Å². The molecule has 0 aliphatic carbocycles. The molecular formula is C20H30N4O3S2. The van der Waals surface area contributed by atoms with Gasteiger partial charge in [0.05, 0.1) is 5.69 Å². The minimum atomic E-state index is -3.64. The molecule has 160 valence electrons. The van der Waals surface area contributed by atoms with Gasteiger partial charge in [0.15, 0.2) is 0 Å². The number of rotatable bonds is 8. The summed E-state index contributed by atoms with van der Waals surface area (Å²) in [4.78, 5) is 19.3. The van der Waals surface area contributed by atoms with E-state index in [2.05, 4.69) is 23.6 Å². The van der Waals surface area contributed by atoms with Crippen LogP contribution < -0.4 is 4.72 Å². The summed E-state index contributed by atoms with van der Waals surface area (Å²) in [7, 11) is -3.64. The maximum atomic E-state index is 12.8. The molecule has 2 aromatic rings. The van der Waals surface area contributed by atoms with Gasteiger partial charge in [0.1, 0.15) is 16.4 Å². The quantitative estimate of drug-likeness (QED) is 0.686. The zero-order chi connectivity index (χ0) is 21.0. The highest BCUT2D eigenvalue weighted by molar-refractivity contribution is 7.89. The van der Waals surface area contributed by atoms with Crippen LogP contribution in [-0.4, -0.2) is 48.4 Å². The predicted octanol–water partition coefficient (Wildman–Crippen LogP) is 3.26. The number of sulfonamides is 1. The minimum Gasteiger partial charge on any atom is -0.341 e. The van der Waals surface area contributed by atoms with E-state index in [1.165, 1.54) is 11.3 Å². The number of nitrogens with one attached hydrogen (secondary N) is 1. The van der Waals surface area contributed by atoms with Gasteiger partial charge in [-0.15, -0.1) is 11.3 Å². The summed E-state index contributed by atoms with van der Waals surface area (Å²) < 4.78 is 29.9. The van der Waals surface area contributed by atoms with Gasteiger partial charge >= 0.3 is 0 Å². The van der Waals surface area contributed by atoms with Crippen LogP contribution >= 0.6 is 11.3 Å². The third-order valence-corrected chi connectivity index (χ3v) is 7.46. The molecule has 3 heterocycles. The average molecular weight is 439 g/mol. The highest BCUT2D eigenvalue weighted by atomic mass is 32.2. The minimum absolute atomic E-state index is 0.0199. The van der Waals surface area contributed by atoms with Crippen molar-refractivity contribution in [2.75, 3.05) is 19.6 Å². The summed E-state index contributed by atoms with van der Waals surface area (Å²) >= 11 is 1.45. The zero-order valence-corrected chi connectivity index (χ0v) is 19.0. The van der Waals surface area contributed by atoms with Crippen LogP contribution in [-0.2, 0) is 21.4 Å². The highest BCUT2D eigenvalue weighted by Crippen LogP contribution is 2.28. The van der Waals surface area contributed by atoms with Crippen molar-refractivity contribution in [1.29, 1.82) is 0 Å². The number of amides is 1. The molecule has 2 aromatic heterocycles. The second kappa shape index (κ2) is 9.40. The smallest absolute Gasteiger partial charge is 0.242 e. The first kappa shape index (κ1) is 22.0. The molecule has 1 fully saturated rings. The lowest BCUT2D eigenvalue weighted by Gasteiger charge is -2.27. The lowest BCUT2D eigenvalue weighted by molar-refractivity contribution is -0.132. The second-order valence-corrected chi connectivity index (χ2v) is 10.6. The molecule has 1 saturated heterocycles. The Balaban J connectivity index is 1.86. The molecule has 3 rings (SSSR count). The molecular weight excluding hydrogens is 408 g/mol. The van der Waals surface area contributed by atoms with E-state index in [4.69, 9.17) is 0 Å². The number of piperidine rings is 1. The number of aryl methyl sites for hydroxylation is 1. The monoisotopic (exact) mass is 438 g/mol. The Bertz CT molecular complexity index is 941. The average Bonchev–Trinajstić information content (AvgIpc) is 3.28. The summed E-state index contributed by atoms with van der Waals surface area (Å²) in [5.41, 5.74) is 1.54. The number of carbonyl (C=O) groups excluding carboxylic acids is 1. The van der Waals surface area contributed by atoms with Crippen LogP contribution in [0.15, 0.2) is 22.5 Å². The van der Waals surface area contributed by atoms with Crippen LogP contribution in [0.3, 0.4) is 0 Å². The van der Waals surface area contributed by atoms with Crippen LogP contribution in [0.2, 0.25) is 0 Å². The van der Waals surface area contributed by atoms with Crippen molar-refractivity contribution < 1.29 is 13.2 Å². The van der Waals surface area contributed by atoms with E-state index >= 15 is 0 Å². The molecule has 1 amide bonds. The summed E-state index contributed by atoms with van der Waals surface area (Å²) in [5.74, 6) is 0.435. The van der Waals surface area contributed by atoms with E-state index in [1.807, 2.05) is 17.2 Å². The van der Waals surface area contributed by atoms with Crippen molar-refractivity contribution >= 4 is 27.3 Å². The summed E-state index contributed by atoms with van der Waals surface area (Å²) in [6.45, 7) is 8.07. The maximum Gasteiger partial charge on any atom is 0.242 e. The number of nitrogens with zero attached hydrogens (tertiary/aromatic N) is 3. The fourth-order valence-corrected chi connectivity index (χ4v) is 5.28. The molecule has 0 spiro atoms. The van der Waals surface area contributed by atoms with Crippen LogP contribution in [0.25, 0.3) is 10.7 Å². The molecule has 0 saturated carbocycles. The van der Waals surface area contributed by atoms with Crippen molar-refractivity contribution in [1.82, 2.24) is 19.2 Å². The first-order valence-electron chi connectivity index (χ1n) is 10.2. The van der Waals surface area contributed by atoms with Crippen LogP contribution in [0, 0.1) is 12.8 Å². The van der Waals surface area contributed by atoms with Gasteiger partial charge in [-0.25, -0.2) is 18.1 Å². The Kier molecular flexibility index (Phi) is 7.13. The number of hydrogen-bond acceptors (Lipinski definition) is 5. The van der Waals surface area contributed by atoms with Crippen molar-refractivity contribution in [3.05, 3.63) is 23.3 Å². The Morgan fingerprint density at radius 1 is 1.28 bits per heavy atom. The third kappa shape index (κ3) is 5.67. The van der Waals surface area contributed by atoms with Crippen molar-refractivity contribution in [3.8, 4) is 10.7 Å². The largest absolute Gasteiger partial charge is 0.341 e. The van der Waals surface area contributed by atoms with Crippen LogP contribution in [0.4, 0.5) is 0 Å². The molecule has 1 aliphatic rings. The van der Waals surface area contributed by atoms with Gasteiger partial charge in [-0.2, -0.15) is 0 Å². The predicted molar refractivity (Wildman–Crippen MR) is 115 cm³/mol. The van der Waals surface area contributed by atoms with E-state index in [-0.39, 0.29) is 17.3 Å². The SMILES string of the molecule is Cc1csc(-c2cc(S(=O)(=O)NCCC(C)C)cn2CC(=O)N2CCCCC2)n1. The van der Waals surface area contributed by atoms with Gasteiger partial charge in [-0.3, -0.25) is 4.79 Å². The number of hydrogen-bond donors (Lipinski definition) is 1. The van der Waals surface area contributed by atoms with Gasteiger partial charge in [-0.1, -0.05) is 13.8 Å². The second-order valence-electron chi connectivity index (χ2n) is 8.00. The van der Waals surface area contributed by atoms with Crippen LogP contribution in [0.5, 0.6) is 0 Å². The van der Waals surface area contributed by atoms with E-state index < -0.39 is 10.0 Å². The Labute approximate surface area is 177 Å². The molecule has 7 nitrogen and oxygen atoms in total. The Morgan fingerprint density at radius 3 is 2.62 bits per heavy atom. The number of aromatic nitrogens is 2. The summed E-state index contributed by atoms with van der Waals surface area (Å²) in [6, 6.07) is 1.62. The maximum absolute atomic E-state index is 12.8. The summed E-state index contributed by atoms with van der Waals surface area (Å²) in [6.07, 6.45) is 5.53. The molecule has 1 aliphatic heterocycles. The Hall–Kier alpha value is -1.71. The number of likely N-dealkylation sites (tertiary alicyclic amines) is 1. The molecule has 0 atom stereocenters. The van der Waals surface area contributed by atoms with Crippen molar-refractivity contribution in [2.45, 2.75) is 57.9 Å². The first-order chi connectivity index (χ1) is 13.8. The van der Waals surface area contributed by atoms with E-state index in [1.54, 1.807) is 16.8 Å². The van der Waals surface area contributed by atoms with E-state index in [0.29, 0.717) is 18.2 Å². The fraction of sp³-hybridized carbons (Fsp3) is 0.600. The molecule has 0 radical (unpaired) electrons. The van der Waals surface area contributed by atoms with Crippen molar-refractivity contribution in [3.63, 3.8) is 0 Å². The highest BCUT2D eigenvalue weighted by Gasteiger charge is 2.23. The normalized spacial score (nSPS) is 15.2. The topological polar surface area (TPSA) is 84.3 Å². The first-order valence-corrected chi connectivity index (χ1v) is 12.5. The lowest BCUT2D eigenvalue weighted by Crippen LogP contribution is -2.37. The lowest BCUT2D eigenvalue weighted by atomic mass is 10.1.